The summed E-state index contributed by atoms with van der Waals surface area (Å²) in [5.74, 6) is 0. The van der Waals surface area contributed by atoms with Gasteiger partial charge in [0.05, 0.1) is 18.0 Å². The Morgan fingerprint density at radius 3 is 3.12 bits per heavy atom. The number of hydrogen-bond acceptors (Lipinski definition) is 3. The molecule has 2 rings (SSSR count). The molecular weight excluding hydrogens is 268 g/mol. The van der Waals surface area contributed by atoms with Crippen molar-refractivity contribution in [1.82, 2.24) is 4.98 Å². The normalized spacial score (nSPS) is 25.4. The number of halogens is 1. The second-order valence-electron chi connectivity index (χ2n) is 4.14. The smallest absolute Gasteiger partial charge is 0.106 e. The molecule has 1 aromatic rings. The van der Waals surface area contributed by atoms with Crippen molar-refractivity contribution in [3.63, 3.8) is 0 Å². The van der Waals surface area contributed by atoms with Crippen LogP contribution < -0.4 is 5.32 Å². The van der Waals surface area contributed by atoms with Crippen molar-refractivity contribution in [2.75, 3.05) is 11.9 Å². The van der Waals surface area contributed by atoms with Gasteiger partial charge in [-0.15, -0.1) is 0 Å². The molecule has 0 aliphatic carbocycles. The highest BCUT2D eigenvalue weighted by Gasteiger charge is 2.20. The van der Waals surface area contributed by atoms with Crippen molar-refractivity contribution < 1.29 is 4.74 Å². The molecule has 0 aromatic carbocycles. The molecule has 2 atom stereocenters. The molecule has 4 heteroatoms. The van der Waals surface area contributed by atoms with Gasteiger partial charge in [-0.05, 0) is 47.3 Å². The lowest BCUT2D eigenvalue weighted by atomic mass is 10.0. The quantitative estimate of drug-likeness (QED) is 0.866. The number of nitrogens with zero attached hydrogens (tertiary/aromatic N) is 1. The summed E-state index contributed by atoms with van der Waals surface area (Å²) in [5, 5.41) is 3.51. The monoisotopic (exact) mass is 284 g/mol. The lowest BCUT2D eigenvalue weighted by Crippen LogP contribution is -2.33. The number of pyridine rings is 1. The predicted octanol–water partition coefficient (Wildman–Crippen LogP) is 3.21. The van der Waals surface area contributed by atoms with Crippen molar-refractivity contribution in [3.8, 4) is 0 Å². The van der Waals surface area contributed by atoms with Crippen LogP contribution in [0.2, 0.25) is 0 Å². The fraction of sp³-hybridized carbons (Fsp3) is 0.583. The van der Waals surface area contributed by atoms with Gasteiger partial charge in [0, 0.05) is 12.6 Å². The Balaban J connectivity index is 1.91. The van der Waals surface area contributed by atoms with Crippen LogP contribution in [0, 0.1) is 0 Å². The third-order valence-electron chi connectivity index (χ3n) is 2.92. The molecule has 0 bridgehead atoms. The molecule has 3 nitrogen and oxygen atoms in total. The van der Waals surface area contributed by atoms with Gasteiger partial charge >= 0.3 is 0 Å². The summed E-state index contributed by atoms with van der Waals surface area (Å²) in [6, 6.07) is 4.52. The highest BCUT2D eigenvalue weighted by Crippen LogP contribution is 2.20. The maximum atomic E-state index is 5.65. The number of aromatic nitrogens is 1. The first-order valence-electron chi connectivity index (χ1n) is 5.77. The van der Waals surface area contributed by atoms with Crippen LogP contribution in [0.15, 0.2) is 22.9 Å². The first-order chi connectivity index (χ1) is 7.78. The fourth-order valence-electron chi connectivity index (χ4n) is 1.99. The average Bonchev–Trinajstić information content (AvgIpc) is 2.32. The number of ether oxygens (including phenoxy) is 1. The molecule has 0 radical (unpaired) electrons. The van der Waals surface area contributed by atoms with Crippen LogP contribution >= 0.6 is 15.9 Å². The van der Waals surface area contributed by atoms with Gasteiger partial charge in [0.15, 0.2) is 0 Å². The second kappa shape index (κ2) is 5.64. The Morgan fingerprint density at radius 2 is 2.44 bits per heavy atom. The van der Waals surface area contributed by atoms with Gasteiger partial charge < -0.3 is 10.1 Å². The van der Waals surface area contributed by atoms with Crippen LogP contribution in [0.3, 0.4) is 0 Å². The van der Waals surface area contributed by atoms with E-state index in [9.17, 15) is 0 Å². The van der Waals surface area contributed by atoms with E-state index in [4.69, 9.17) is 4.74 Å². The zero-order valence-corrected chi connectivity index (χ0v) is 11.0. The van der Waals surface area contributed by atoms with E-state index in [-0.39, 0.29) is 0 Å². The Kier molecular flexibility index (Phi) is 4.18. The predicted molar refractivity (Wildman–Crippen MR) is 68.6 cm³/mol. The molecule has 2 heterocycles. The highest BCUT2D eigenvalue weighted by molar-refractivity contribution is 9.10. The molecular formula is C12H17BrN2O. The maximum Gasteiger partial charge on any atom is 0.106 e. The summed E-state index contributed by atoms with van der Waals surface area (Å²) in [6.45, 7) is 3.04. The minimum atomic E-state index is 0.412. The van der Waals surface area contributed by atoms with Gasteiger partial charge in [-0.1, -0.05) is 6.92 Å². The van der Waals surface area contributed by atoms with Gasteiger partial charge in [0.2, 0.25) is 0 Å². The van der Waals surface area contributed by atoms with Crippen LogP contribution in [0.1, 0.15) is 26.2 Å². The van der Waals surface area contributed by atoms with E-state index in [1.807, 2.05) is 18.3 Å². The van der Waals surface area contributed by atoms with Crippen molar-refractivity contribution in [1.29, 1.82) is 0 Å². The minimum Gasteiger partial charge on any atom is -0.381 e. The Bertz CT molecular complexity index is 328. The standard InChI is InChI=1S/C12H17BrN2O/c1-2-11-7-9(5-6-16-11)15-10-3-4-12(13)14-8-10/h3-4,8-9,11,15H,2,5-7H2,1H3. The van der Waals surface area contributed by atoms with Gasteiger partial charge in [-0.25, -0.2) is 4.98 Å². The van der Waals surface area contributed by atoms with Crippen molar-refractivity contribution in [2.45, 2.75) is 38.3 Å². The van der Waals surface area contributed by atoms with E-state index in [1.165, 1.54) is 0 Å². The molecule has 16 heavy (non-hydrogen) atoms. The van der Waals surface area contributed by atoms with Gasteiger partial charge in [-0.2, -0.15) is 0 Å². The first-order valence-corrected chi connectivity index (χ1v) is 6.57. The second-order valence-corrected chi connectivity index (χ2v) is 4.95. The topological polar surface area (TPSA) is 34.2 Å². The van der Waals surface area contributed by atoms with E-state index in [0.717, 1.165) is 36.2 Å². The van der Waals surface area contributed by atoms with Crippen molar-refractivity contribution in [2.24, 2.45) is 0 Å². The maximum absolute atomic E-state index is 5.65. The van der Waals surface area contributed by atoms with E-state index in [2.05, 4.69) is 33.2 Å². The summed E-state index contributed by atoms with van der Waals surface area (Å²) < 4.78 is 6.52. The molecule has 1 fully saturated rings. The van der Waals surface area contributed by atoms with Crippen LogP contribution in [0.5, 0.6) is 0 Å². The first kappa shape index (κ1) is 11.9. The highest BCUT2D eigenvalue weighted by atomic mass is 79.9. The Hall–Kier alpha value is -0.610. The molecule has 0 amide bonds. The molecule has 88 valence electrons. The van der Waals surface area contributed by atoms with Crippen molar-refractivity contribution in [3.05, 3.63) is 22.9 Å². The Labute approximate surface area is 105 Å². The van der Waals surface area contributed by atoms with Gasteiger partial charge in [0.25, 0.3) is 0 Å². The van der Waals surface area contributed by atoms with E-state index in [1.54, 1.807) is 0 Å². The minimum absolute atomic E-state index is 0.412. The summed E-state index contributed by atoms with van der Waals surface area (Å²) in [5.41, 5.74) is 1.09. The molecule has 2 unspecified atom stereocenters. The molecule has 1 saturated heterocycles. The molecule has 1 N–H and O–H groups in total. The van der Waals surface area contributed by atoms with Crippen LogP contribution in [-0.2, 0) is 4.74 Å². The lowest BCUT2D eigenvalue weighted by Gasteiger charge is -2.30. The summed E-state index contributed by atoms with van der Waals surface area (Å²) >= 11 is 3.33. The van der Waals surface area contributed by atoms with E-state index >= 15 is 0 Å². The third kappa shape index (κ3) is 3.19. The zero-order valence-electron chi connectivity index (χ0n) is 9.45. The molecule has 1 aliphatic heterocycles. The third-order valence-corrected chi connectivity index (χ3v) is 3.39. The van der Waals surface area contributed by atoms with Gasteiger partial charge in [-0.3, -0.25) is 0 Å². The van der Waals surface area contributed by atoms with Crippen LogP contribution in [-0.4, -0.2) is 23.7 Å². The average molecular weight is 285 g/mol. The number of hydrogen-bond donors (Lipinski definition) is 1. The summed E-state index contributed by atoms with van der Waals surface area (Å²) in [6.07, 6.45) is 5.53. The van der Waals surface area contributed by atoms with Crippen LogP contribution in [0.4, 0.5) is 5.69 Å². The molecule has 1 aromatic heterocycles. The number of anilines is 1. The number of rotatable bonds is 3. The molecule has 1 aliphatic rings. The molecule has 0 saturated carbocycles. The lowest BCUT2D eigenvalue weighted by molar-refractivity contribution is 0.00925. The van der Waals surface area contributed by atoms with Crippen molar-refractivity contribution >= 4 is 21.6 Å². The SMILES string of the molecule is CCC1CC(Nc2ccc(Br)nc2)CCO1. The van der Waals surface area contributed by atoms with Gasteiger partial charge in [0.1, 0.15) is 4.60 Å². The van der Waals surface area contributed by atoms with E-state index < -0.39 is 0 Å². The summed E-state index contributed by atoms with van der Waals surface area (Å²) in [7, 11) is 0. The molecule has 0 spiro atoms. The number of nitrogens with one attached hydrogen (secondary N) is 1. The Morgan fingerprint density at radius 1 is 1.56 bits per heavy atom. The largest absolute Gasteiger partial charge is 0.381 e. The zero-order chi connectivity index (χ0) is 11.4. The van der Waals surface area contributed by atoms with Crippen LogP contribution in [0.25, 0.3) is 0 Å². The fourth-order valence-corrected chi connectivity index (χ4v) is 2.23. The summed E-state index contributed by atoms with van der Waals surface area (Å²) in [4.78, 5) is 4.21. The van der Waals surface area contributed by atoms with E-state index in [0.29, 0.717) is 12.1 Å².